The number of aliphatic hydroxyl groups is 1. The number of β-amino-alcohol motifs (C(OH)–C–C–N with tert-alkyl or cyclic N) is 1. The van der Waals surface area contributed by atoms with Gasteiger partial charge in [-0.05, 0) is 48.7 Å². The normalized spacial score (nSPS) is 19.8. The van der Waals surface area contributed by atoms with Crippen molar-refractivity contribution in [3.05, 3.63) is 59.7 Å². The minimum Gasteiger partial charge on any atom is -0.497 e. The van der Waals surface area contributed by atoms with Crippen LogP contribution in [0.4, 0.5) is 4.79 Å². The molecule has 7 nitrogen and oxygen atoms in total. The second kappa shape index (κ2) is 8.53. The zero-order chi connectivity index (χ0) is 21.0. The molecule has 2 unspecified atom stereocenters. The van der Waals surface area contributed by atoms with Gasteiger partial charge in [0.15, 0.2) is 0 Å². The molecule has 1 saturated heterocycles. The molecule has 2 N–H and O–H groups in total. The first-order valence-electron chi connectivity index (χ1n) is 9.55. The van der Waals surface area contributed by atoms with Crippen molar-refractivity contribution in [2.24, 2.45) is 0 Å². The van der Waals surface area contributed by atoms with Gasteiger partial charge in [-0.2, -0.15) is 0 Å². The lowest BCUT2D eigenvalue weighted by Gasteiger charge is -2.23. The molecule has 0 aliphatic carbocycles. The van der Waals surface area contributed by atoms with Gasteiger partial charge in [-0.3, -0.25) is 9.69 Å². The highest BCUT2D eigenvalue weighted by atomic mass is 16.5. The Morgan fingerprint density at radius 1 is 1.07 bits per heavy atom. The summed E-state index contributed by atoms with van der Waals surface area (Å²) in [5.74, 6) is 0.867. The molecule has 7 heteroatoms. The molecule has 0 aromatic heterocycles. The molecule has 29 heavy (non-hydrogen) atoms. The lowest BCUT2D eigenvalue weighted by Crippen LogP contribution is -2.42. The maximum absolute atomic E-state index is 12.9. The van der Waals surface area contributed by atoms with Crippen molar-refractivity contribution < 1.29 is 24.2 Å². The number of nitrogens with zero attached hydrogens (tertiary/aromatic N) is 1. The van der Waals surface area contributed by atoms with E-state index in [0.717, 1.165) is 11.3 Å². The van der Waals surface area contributed by atoms with E-state index >= 15 is 0 Å². The first kappa shape index (κ1) is 20.7. The molecule has 3 amide bonds. The number of carbonyl (C=O) groups is 2. The van der Waals surface area contributed by atoms with Gasteiger partial charge in [0.2, 0.25) is 0 Å². The molecule has 154 valence electrons. The summed E-state index contributed by atoms with van der Waals surface area (Å²) in [5.41, 5.74) is 0.635. The highest BCUT2D eigenvalue weighted by Crippen LogP contribution is 2.30. The summed E-state index contributed by atoms with van der Waals surface area (Å²) in [5, 5.41) is 13.0. The van der Waals surface area contributed by atoms with Crippen molar-refractivity contribution in [3.8, 4) is 11.5 Å². The zero-order valence-electron chi connectivity index (χ0n) is 16.8. The second-order valence-corrected chi connectivity index (χ2v) is 7.16. The van der Waals surface area contributed by atoms with Crippen molar-refractivity contribution in [1.82, 2.24) is 10.2 Å². The molecule has 1 aliphatic rings. The van der Waals surface area contributed by atoms with Crippen LogP contribution in [-0.2, 0) is 16.8 Å². The summed E-state index contributed by atoms with van der Waals surface area (Å²) in [4.78, 5) is 26.4. The van der Waals surface area contributed by atoms with Crippen LogP contribution in [0.2, 0.25) is 0 Å². The van der Waals surface area contributed by atoms with E-state index in [4.69, 9.17) is 9.47 Å². The molecule has 2 aromatic carbocycles. The molecule has 0 bridgehead atoms. The fourth-order valence-corrected chi connectivity index (χ4v) is 3.26. The predicted octanol–water partition coefficient (Wildman–Crippen LogP) is 2.46. The number of hydrogen-bond donors (Lipinski definition) is 2. The maximum atomic E-state index is 12.9. The van der Waals surface area contributed by atoms with E-state index in [1.807, 2.05) is 24.3 Å². The highest BCUT2D eigenvalue weighted by molar-refractivity contribution is 6.07. The lowest BCUT2D eigenvalue weighted by molar-refractivity contribution is -0.132. The van der Waals surface area contributed by atoms with E-state index in [2.05, 4.69) is 12.2 Å². The molecule has 2 aromatic rings. The lowest BCUT2D eigenvalue weighted by atomic mass is 9.92. The Balaban J connectivity index is 1.62. The summed E-state index contributed by atoms with van der Waals surface area (Å²) in [6, 6.07) is 14.0. The topological polar surface area (TPSA) is 88.1 Å². The first-order chi connectivity index (χ1) is 13.9. The summed E-state index contributed by atoms with van der Waals surface area (Å²) >= 11 is 0. The Morgan fingerprint density at radius 3 is 2.28 bits per heavy atom. The van der Waals surface area contributed by atoms with E-state index < -0.39 is 23.6 Å². The van der Waals surface area contributed by atoms with Crippen LogP contribution in [-0.4, -0.2) is 48.3 Å². The van der Waals surface area contributed by atoms with Crippen LogP contribution >= 0.6 is 0 Å². The number of ether oxygens (including phenoxy) is 2. The summed E-state index contributed by atoms with van der Waals surface area (Å²) in [6.45, 7) is 3.54. The van der Waals surface area contributed by atoms with Gasteiger partial charge in [-0.25, -0.2) is 4.79 Å². The van der Waals surface area contributed by atoms with Gasteiger partial charge in [-0.15, -0.1) is 0 Å². The van der Waals surface area contributed by atoms with Crippen molar-refractivity contribution >= 4 is 11.9 Å². The smallest absolute Gasteiger partial charge is 0.325 e. The predicted molar refractivity (Wildman–Crippen MR) is 108 cm³/mol. The largest absolute Gasteiger partial charge is 0.497 e. The molecule has 2 atom stereocenters. The number of hydrogen-bond acceptors (Lipinski definition) is 5. The standard InChI is InChI=1S/C22H26N2O5/c1-4-15-5-9-19(10-6-15)29-14-17(25)13-24-20(26)22(2,23-21(24)27)16-7-11-18(28-3)12-8-16/h5-12,17,25H,4,13-14H2,1-3H3,(H,23,27). The fraction of sp³-hybridized carbons (Fsp3) is 0.364. The van der Waals surface area contributed by atoms with Gasteiger partial charge >= 0.3 is 6.03 Å². The Hall–Kier alpha value is -3.06. The van der Waals surface area contributed by atoms with E-state index in [1.165, 1.54) is 5.56 Å². The molecule has 3 rings (SSSR count). The molecule has 0 radical (unpaired) electrons. The molecule has 1 fully saturated rings. The third-order valence-corrected chi connectivity index (χ3v) is 5.11. The van der Waals surface area contributed by atoms with Crippen molar-refractivity contribution in [2.45, 2.75) is 31.9 Å². The summed E-state index contributed by atoms with van der Waals surface area (Å²) in [6.07, 6.45) is -0.0732. The van der Waals surface area contributed by atoms with Gasteiger partial charge in [-0.1, -0.05) is 31.2 Å². The number of benzene rings is 2. The molecular weight excluding hydrogens is 372 g/mol. The summed E-state index contributed by atoms with van der Waals surface area (Å²) < 4.78 is 10.7. The van der Waals surface area contributed by atoms with Gasteiger partial charge in [0.05, 0.1) is 13.7 Å². The van der Waals surface area contributed by atoms with E-state index in [9.17, 15) is 14.7 Å². The SMILES string of the molecule is CCc1ccc(OCC(O)CN2C(=O)NC(C)(c3ccc(OC)cc3)C2=O)cc1. The average Bonchev–Trinajstić information content (AvgIpc) is 2.96. The van der Waals surface area contributed by atoms with Crippen molar-refractivity contribution in [2.75, 3.05) is 20.3 Å². The van der Waals surface area contributed by atoms with Gasteiger partial charge in [0.1, 0.15) is 29.7 Å². The third-order valence-electron chi connectivity index (χ3n) is 5.11. The number of carbonyl (C=O) groups excluding carboxylic acids is 2. The number of nitrogens with one attached hydrogen (secondary N) is 1. The van der Waals surface area contributed by atoms with Gasteiger partial charge in [0, 0.05) is 0 Å². The first-order valence-corrected chi connectivity index (χ1v) is 9.55. The Kier molecular flexibility index (Phi) is 6.08. The third kappa shape index (κ3) is 4.35. The highest BCUT2D eigenvalue weighted by Gasteiger charge is 2.49. The monoisotopic (exact) mass is 398 g/mol. The van der Waals surface area contributed by atoms with Crippen molar-refractivity contribution in [1.29, 1.82) is 0 Å². The molecule has 1 heterocycles. The Morgan fingerprint density at radius 2 is 1.69 bits per heavy atom. The minimum absolute atomic E-state index is 0.0260. The number of rotatable bonds is 8. The Bertz CT molecular complexity index is 866. The van der Waals surface area contributed by atoms with Crippen LogP contribution in [0, 0.1) is 0 Å². The molecular formula is C22H26N2O5. The zero-order valence-corrected chi connectivity index (χ0v) is 16.8. The van der Waals surface area contributed by atoms with E-state index in [-0.39, 0.29) is 13.2 Å². The summed E-state index contributed by atoms with van der Waals surface area (Å²) in [7, 11) is 1.56. The number of methoxy groups -OCH3 is 1. The van der Waals surface area contributed by atoms with Crippen molar-refractivity contribution in [3.63, 3.8) is 0 Å². The number of imide groups is 1. The number of amides is 3. The van der Waals surface area contributed by atoms with Gasteiger partial charge < -0.3 is 19.9 Å². The minimum atomic E-state index is -1.19. The Labute approximate surface area is 170 Å². The van der Waals surface area contributed by atoms with Gasteiger partial charge in [0.25, 0.3) is 5.91 Å². The van der Waals surface area contributed by atoms with Crippen LogP contribution < -0.4 is 14.8 Å². The second-order valence-electron chi connectivity index (χ2n) is 7.16. The van der Waals surface area contributed by atoms with Crippen LogP contribution in [0.5, 0.6) is 11.5 Å². The van der Waals surface area contributed by atoms with Crippen LogP contribution in [0.15, 0.2) is 48.5 Å². The molecule has 1 aliphatic heterocycles. The number of urea groups is 1. The number of aliphatic hydroxyl groups excluding tert-OH is 1. The quantitative estimate of drug-likeness (QED) is 0.667. The molecule has 0 saturated carbocycles. The van der Waals surface area contributed by atoms with Crippen LogP contribution in [0.1, 0.15) is 25.0 Å². The van der Waals surface area contributed by atoms with Crippen LogP contribution in [0.3, 0.4) is 0 Å². The maximum Gasteiger partial charge on any atom is 0.325 e. The fourth-order valence-electron chi connectivity index (χ4n) is 3.26. The van der Waals surface area contributed by atoms with Crippen LogP contribution in [0.25, 0.3) is 0 Å². The average molecular weight is 398 g/mol. The van der Waals surface area contributed by atoms with E-state index in [1.54, 1.807) is 38.3 Å². The molecule has 0 spiro atoms. The van der Waals surface area contributed by atoms with E-state index in [0.29, 0.717) is 17.1 Å². The number of aryl methyl sites for hydroxylation is 1.